The van der Waals surface area contributed by atoms with Crippen LogP contribution in [0.5, 0.6) is 0 Å². The van der Waals surface area contributed by atoms with E-state index in [0.29, 0.717) is 12.1 Å². The molecule has 19 heavy (non-hydrogen) atoms. The van der Waals surface area contributed by atoms with Crippen molar-refractivity contribution in [2.75, 3.05) is 0 Å². The van der Waals surface area contributed by atoms with Crippen molar-refractivity contribution in [2.24, 2.45) is 0 Å². The third-order valence-corrected chi connectivity index (χ3v) is 9.99. The Morgan fingerprint density at radius 2 is 1.58 bits per heavy atom. The quantitative estimate of drug-likeness (QED) is 0.397. The molecule has 0 saturated carbocycles. The third kappa shape index (κ3) is 7.35. The summed E-state index contributed by atoms with van der Waals surface area (Å²) in [4.78, 5) is 0. The lowest BCUT2D eigenvalue weighted by Crippen LogP contribution is -2.25. The van der Waals surface area contributed by atoms with E-state index in [0.717, 1.165) is 11.6 Å². The topological polar surface area (TPSA) is 0 Å². The average molecular weight is 378 g/mol. The van der Waals surface area contributed by atoms with Crippen LogP contribution in [0.1, 0.15) is 18.4 Å². The molecule has 108 valence electrons. The summed E-state index contributed by atoms with van der Waals surface area (Å²) in [6, 6.07) is 8.61. The van der Waals surface area contributed by atoms with Crippen LogP contribution in [0.3, 0.4) is 0 Å². The molecule has 0 aromatic heterocycles. The predicted molar refractivity (Wildman–Crippen MR) is 90.0 cm³/mol. The van der Waals surface area contributed by atoms with E-state index in [2.05, 4.69) is 6.92 Å². The standard InChI is InChI=1S/C12H17Cl4FSi2/c1-10(11-3-5-12(17)6-4-11)9-19(15,16)8-7-18(2,13)14/h3-6,10H,7-9H2,1-2H3. The predicted octanol–water partition coefficient (Wildman–Crippen LogP) is 6.40. The minimum Gasteiger partial charge on any atom is -0.207 e. The Balaban J connectivity index is 2.59. The van der Waals surface area contributed by atoms with Crippen molar-refractivity contribution in [3.8, 4) is 0 Å². The molecule has 1 unspecified atom stereocenters. The molecule has 0 amide bonds. The van der Waals surface area contributed by atoms with Crippen LogP contribution in [0.4, 0.5) is 4.39 Å². The SMILES string of the molecule is CC(C[Si](Cl)(Cl)CC[Si](C)(Cl)Cl)c1ccc(F)cc1. The molecule has 0 N–H and O–H groups in total. The molecule has 0 aliphatic carbocycles. The highest BCUT2D eigenvalue weighted by atomic mass is 35.7. The number of hydrogen-bond acceptors (Lipinski definition) is 0. The van der Waals surface area contributed by atoms with Gasteiger partial charge in [-0.1, -0.05) is 19.1 Å². The molecule has 0 heterocycles. The van der Waals surface area contributed by atoms with Crippen LogP contribution in [0.2, 0.25) is 24.7 Å². The molecule has 0 fully saturated rings. The highest BCUT2D eigenvalue weighted by molar-refractivity contribution is 7.48. The molecule has 0 aliphatic heterocycles. The van der Waals surface area contributed by atoms with E-state index >= 15 is 0 Å². The first-order valence-corrected chi connectivity index (χ1v) is 15.3. The minimum atomic E-state index is -2.36. The van der Waals surface area contributed by atoms with Crippen molar-refractivity contribution >= 4 is 57.7 Å². The molecule has 1 rings (SSSR count). The summed E-state index contributed by atoms with van der Waals surface area (Å²) < 4.78 is 12.9. The molecule has 1 aromatic rings. The second kappa shape index (κ2) is 7.14. The molecule has 1 aromatic carbocycles. The molecule has 0 bridgehead atoms. The maximum atomic E-state index is 12.9. The van der Waals surface area contributed by atoms with Gasteiger partial charge in [-0.25, -0.2) is 4.39 Å². The first-order valence-electron chi connectivity index (χ1n) is 6.10. The smallest absolute Gasteiger partial charge is 0.207 e. The summed E-state index contributed by atoms with van der Waals surface area (Å²) in [5, 5.41) is 0. The molecule has 0 aliphatic rings. The Morgan fingerprint density at radius 3 is 2.05 bits per heavy atom. The van der Waals surface area contributed by atoms with E-state index in [4.69, 9.17) is 44.3 Å². The summed E-state index contributed by atoms with van der Waals surface area (Å²) in [6.07, 6.45) is 0. The second-order valence-corrected chi connectivity index (χ2v) is 20.9. The monoisotopic (exact) mass is 376 g/mol. The van der Waals surface area contributed by atoms with Crippen molar-refractivity contribution in [2.45, 2.75) is 37.5 Å². The first-order chi connectivity index (χ1) is 8.59. The maximum Gasteiger partial charge on any atom is 0.251 e. The van der Waals surface area contributed by atoms with Gasteiger partial charge in [-0.3, -0.25) is 0 Å². The van der Waals surface area contributed by atoms with Gasteiger partial charge in [0.25, 0.3) is 6.69 Å². The number of hydrogen-bond donors (Lipinski definition) is 0. The van der Waals surface area contributed by atoms with Gasteiger partial charge in [0.05, 0.1) is 0 Å². The zero-order valence-electron chi connectivity index (χ0n) is 10.9. The van der Waals surface area contributed by atoms with Crippen LogP contribution < -0.4 is 0 Å². The maximum absolute atomic E-state index is 12.9. The van der Waals surface area contributed by atoms with Crippen molar-refractivity contribution in [3.05, 3.63) is 35.6 Å². The van der Waals surface area contributed by atoms with Gasteiger partial charge in [-0.05, 0) is 48.3 Å². The van der Waals surface area contributed by atoms with E-state index < -0.39 is 13.4 Å². The Bertz CT molecular complexity index is 403. The van der Waals surface area contributed by atoms with Crippen LogP contribution in [-0.4, -0.2) is 13.4 Å². The van der Waals surface area contributed by atoms with Crippen molar-refractivity contribution in [1.82, 2.24) is 0 Å². The van der Waals surface area contributed by atoms with Crippen LogP contribution in [0, 0.1) is 5.82 Å². The largest absolute Gasteiger partial charge is 0.251 e. The van der Waals surface area contributed by atoms with Crippen molar-refractivity contribution in [3.63, 3.8) is 0 Å². The second-order valence-electron chi connectivity index (χ2n) is 5.08. The van der Waals surface area contributed by atoms with Crippen molar-refractivity contribution < 1.29 is 4.39 Å². The zero-order chi connectivity index (χ0) is 14.7. The van der Waals surface area contributed by atoms with Gasteiger partial charge in [0.15, 0.2) is 0 Å². The summed E-state index contributed by atoms with van der Waals surface area (Å²) in [7, 11) is 0. The lowest BCUT2D eigenvalue weighted by molar-refractivity contribution is 0.626. The van der Waals surface area contributed by atoms with E-state index in [1.807, 2.05) is 6.55 Å². The zero-order valence-corrected chi connectivity index (χ0v) is 15.9. The molecule has 0 spiro atoms. The van der Waals surface area contributed by atoms with Gasteiger partial charge in [-0.2, -0.15) is 0 Å². The number of rotatable bonds is 6. The van der Waals surface area contributed by atoms with Gasteiger partial charge in [0.1, 0.15) is 5.82 Å². The van der Waals surface area contributed by atoms with Gasteiger partial charge >= 0.3 is 0 Å². The molecule has 0 nitrogen and oxygen atoms in total. The highest BCUT2D eigenvalue weighted by Crippen LogP contribution is 2.37. The van der Waals surface area contributed by atoms with Crippen LogP contribution >= 0.6 is 44.3 Å². The molecule has 1 atom stereocenters. The average Bonchev–Trinajstić information content (AvgIpc) is 2.26. The minimum absolute atomic E-state index is 0.209. The Labute approximate surface area is 135 Å². The van der Waals surface area contributed by atoms with Crippen LogP contribution in [0.15, 0.2) is 24.3 Å². The molecule has 0 saturated heterocycles. The number of benzene rings is 1. The first kappa shape index (κ1) is 17.8. The normalized spacial score (nSPS) is 14.5. The van der Waals surface area contributed by atoms with Crippen molar-refractivity contribution in [1.29, 1.82) is 0 Å². The number of halogens is 5. The van der Waals surface area contributed by atoms with Crippen LogP contribution in [-0.2, 0) is 0 Å². The highest BCUT2D eigenvalue weighted by Gasteiger charge is 2.34. The molecular formula is C12H17Cl4FSi2. The van der Waals surface area contributed by atoms with Gasteiger partial charge in [0.2, 0.25) is 6.69 Å². The Kier molecular flexibility index (Phi) is 6.69. The lowest BCUT2D eigenvalue weighted by Gasteiger charge is -2.23. The summed E-state index contributed by atoms with van der Waals surface area (Å²) >= 11 is 25.1. The van der Waals surface area contributed by atoms with Gasteiger partial charge in [0, 0.05) is 0 Å². The van der Waals surface area contributed by atoms with E-state index in [-0.39, 0.29) is 11.7 Å². The molecule has 0 radical (unpaired) electrons. The lowest BCUT2D eigenvalue weighted by atomic mass is 10.0. The molecule has 7 heteroatoms. The third-order valence-electron chi connectivity index (χ3n) is 2.97. The fraction of sp³-hybridized carbons (Fsp3) is 0.500. The fourth-order valence-corrected chi connectivity index (χ4v) is 11.2. The van der Waals surface area contributed by atoms with E-state index in [1.165, 1.54) is 12.1 Å². The summed E-state index contributed by atoms with van der Waals surface area (Å²) in [5.41, 5.74) is 1.05. The van der Waals surface area contributed by atoms with Crippen LogP contribution in [0.25, 0.3) is 0 Å². The summed E-state index contributed by atoms with van der Waals surface area (Å²) in [5.74, 6) is -0.0249. The van der Waals surface area contributed by atoms with Gasteiger partial charge in [-0.15, -0.1) is 44.3 Å². The molecular weight excluding hydrogens is 361 g/mol. The van der Waals surface area contributed by atoms with E-state index in [1.54, 1.807) is 12.1 Å². The fourth-order valence-electron chi connectivity index (χ4n) is 1.86. The summed E-state index contributed by atoms with van der Waals surface area (Å²) in [6.45, 7) is -0.574. The van der Waals surface area contributed by atoms with Gasteiger partial charge < -0.3 is 0 Å². The van der Waals surface area contributed by atoms with E-state index in [9.17, 15) is 4.39 Å². The Hall–Kier alpha value is 0.744. The Morgan fingerprint density at radius 1 is 1.05 bits per heavy atom.